The second kappa shape index (κ2) is 5.84. The second-order valence-electron chi connectivity index (χ2n) is 5.06. The summed E-state index contributed by atoms with van der Waals surface area (Å²) in [5.74, 6) is -0.842. The SMILES string of the molecule is NC(=O)C1CC(=O)N(c2nccc(-c3cccc(Br)c3)n2)C1. The summed E-state index contributed by atoms with van der Waals surface area (Å²) in [4.78, 5) is 33.3. The summed E-state index contributed by atoms with van der Waals surface area (Å²) in [6.45, 7) is 0.232. The van der Waals surface area contributed by atoms with E-state index in [1.165, 1.54) is 4.90 Å². The molecule has 2 aromatic rings. The third-order valence-corrected chi connectivity index (χ3v) is 4.03. The maximum absolute atomic E-state index is 12.0. The fourth-order valence-corrected chi connectivity index (χ4v) is 2.78. The van der Waals surface area contributed by atoms with Crippen LogP contribution in [0.1, 0.15) is 6.42 Å². The van der Waals surface area contributed by atoms with Gasteiger partial charge in [-0.05, 0) is 18.2 Å². The van der Waals surface area contributed by atoms with Crippen molar-refractivity contribution < 1.29 is 9.59 Å². The zero-order chi connectivity index (χ0) is 15.7. The molecule has 112 valence electrons. The Labute approximate surface area is 135 Å². The van der Waals surface area contributed by atoms with Gasteiger partial charge in [0.15, 0.2) is 0 Å². The summed E-state index contributed by atoms with van der Waals surface area (Å²) in [5, 5.41) is 0. The minimum absolute atomic E-state index is 0.111. The topological polar surface area (TPSA) is 89.2 Å². The van der Waals surface area contributed by atoms with E-state index in [1.54, 1.807) is 12.3 Å². The van der Waals surface area contributed by atoms with Crippen LogP contribution in [0.3, 0.4) is 0 Å². The first-order chi connectivity index (χ1) is 10.5. The number of amides is 2. The molecule has 1 aromatic carbocycles. The maximum atomic E-state index is 12.0. The van der Waals surface area contributed by atoms with Crippen LogP contribution >= 0.6 is 15.9 Å². The van der Waals surface area contributed by atoms with E-state index in [0.717, 1.165) is 10.0 Å². The number of aromatic nitrogens is 2. The predicted molar refractivity (Wildman–Crippen MR) is 84.8 cm³/mol. The summed E-state index contributed by atoms with van der Waals surface area (Å²) >= 11 is 3.42. The normalized spacial score (nSPS) is 17.8. The lowest BCUT2D eigenvalue weighted by Gasteiger charge is -2.14. The van der Waals surface area contributed by atoms with Gasteiger partial charge in [0.1, 0.15) is 0 Å². The van der Waals surface area contributed by atoms with Gasteiger partial charge in [-0.1, -0.05) is 28.1 Å². The number of nitrogens with two attached hydrogens (primary N) is 1. The highest BCUT2D eigenvalue weighted by atomic mass is 79.9. The molecule has 1 unspecified atom stereocenters. The molecule has 22 heavy (non-hydrogen) atoms. The van der Waals surface area contributed by atoms with E-state index < -0.39 is 11.8 Å². The Morgan fingerprint density at radius 1 is 1.36 bits per heavy atom. The van der Waals surface area contributed by atoms with Crippen molar-refractivity contribution >= 4 is 33.7 Å². The smallest absolute Gasteiger partial charge is 0.232 e. The van der Waals surface area contributed by atoms with Gasteiger partial charge >= 0.3 is 0 Å². The van der Waals surface area contributed by atoms with E-state index in [9.17, 15) is 9.59 Å². The molecule has 7 heteroatoms. The zero-order valence-corrected chi connectivity index (χ0v) is 13.2. The second-order valence-corrected chi connectivity index (χ2v) is 5.98. The first-order valence-electron chi connectivity index (χ1n) is 6.73. The number of halogens is 1. The molecular weight excluding hydrogens is 348 g/mol. The van der Waals surface area contributed by atoms with Gasteiger partial charge in [0.05, 0.1) is 11.6 Å². The minimum Gasteiger partial charge on any atom is -0.369 e. The van der Waals surface area contributed by atoms with E-state index in [1.807, 2.05) is 24.3 Å². The van der Waals surface area contributed by atoms with Crippen LogP contribution in [0.2, 0.25) is 0 Å². The van der Waals surface area contributed by atoms with Crippen LogP contribution in [-0.2, 0) is 9.59 Å². The van der Waals surface area contributed by atoms with Gasteiger partial charge in [-0.2, -0.15) is 0 Å². The average Bonchev–Trinajstić information content (AvgIpc) is 2.90. The van der Waals surface area contributed by atoms with Crippen molar-refractivity contribution in [1.29, 1.82) is 0 Å². The molecule has 1 aromatic heterocycles. The van der Waals surface area contributed by atoms with Crippen LogP contribution in [0.5, 0.6) is 0 Å². The van der Waals surface area contributed by atoms with Crippen LogP contribution in [0, 0.1) is 5.92 Å². The zero-order valence-electron chi connectivity index (χ0n) is 11.6. The largest absolute Gasteiger partial charge is 0.369 e. The third-order valence-electron chi connectivity index (χ3n) is 3.53. The van der Waals surface area contributed by atoms with Gasteiger partial charge < -0.3 is 5.73 Å². The Kier molecular flexibility index (Phi) is 3.89. The predicted octanol–water partition coefficient (Wildman–Crippen LogP) is 1.74. The molecule has 1 atom stereocenters. The molecule has 0 spiro atoms. The first-order valence-corrected chi connectivity index (χ1v) is 7.52. The lowest BCUT2D eigenvalue weighted by atomic mass is 10.1. The van der Waals surface area contributed by atoms with Gasteiger partial charge in [0, 0.05) is 29.2 Å². The van der Waals surface area contributed by atoms with Gasteiger partial charge in [0.25, 0.3) is 0 Å². The summed E-state index contributed by atoms with van der Waals surface area (Å²) in [6, 6.07) is 9.47. The molecule has 1 aliphatic rings. The highest BCUT2D eigenvalue weighted by molar-refractivity contribution is 9.10. The Morgan fingerprint density at radius 3 is 2.86 bits per heavy atom. The van der Waals surface area contributed by atoms with Crippen LogP contribution in [0.4, 0.5) is 5.95 Å². The van der Waals surface area contributed by atoms with Gasteiger partial charge in [0.2, 0.25) is 17.8 Å². The first kappa shape index (κ1) is 14.6. The molecule has 2 N–H and O–H groups in total. The van der Waals surface area contributed by atoms with Crippen LogP contribution < -0.4 is 10.6 Å². The number of hydrogen-bond donors (Lipinski definition) is 1. The van der Waals surface area contributed by atoms with Crippen molar-refractivity contribution in [3.05, 3.63) is 41.0 Å². The van der Waals surface area contributed by atoms with Gasteiger partial charge in [-0.15, -0.1) is 0 Å². The molecule has 0 radical (unpaired) electrons. The number of nitrogens with zero attached hydrogens (tertiary/aromatic N) is 3. The third kappa shape index (κ3) is 2.85. The van der Waals surface area contributed by atoms with E-state index in [2.05, 4.69) is 25.9 Å². The van der Waals surface area contributed by atoms with E-state index in [4.69, 9.17) is 5.73 Å². The number of hydrogen-bond acceptors (Lipinski definition) is 4. The molecule has 1 fully saturated rings. The molecule has 1 saturated heterocycles. The van der Waals surface area contributed by atoms with Crippen molar-refractivity contribution in [2.75, 3.05) is 11.4 Å². The standard InChI is InChI=1S/C15H13BrN4O2/c16-11-3-1-2-9(6-11)12-4-5-18-15(19-12)20-8-10(14(17)22)7-13(20)21/h1-6,10H,7-8H2,(H2,17,22). The number of carbonyl (C=O) groups is 2. The summed E-state index contributed by atoms with van der Waals surface area (Å²) in [5.41, 5.74) is 6.90. The summed E-state index contributed by atoms with van der Waals surface area (Å²) < 4.78 is 0.941. The molecule has 2 amide bonds. The van der Waals surface area contributed by atoms with E-state index in [-0.39, 0.29) is 18.9 Å². The molecule has 6 nitrogen and oxygen atoms in total. The molecule has 0 aliphatic carbocycles. The highest BCUT2D eigenvalue weighted by Gasteiger charge is 2.35. The summed E-state index contributed by atoms with van der Waals surface area (Å²) in [7, 11) is 0. The summed E-state index contributed by atoms with van der Waals surface area (Å²) in [6.07, 6.45) is 1.71. The average molecular weight is 361 g/mol. The maximum Gasteiger partial charge on any atom is 0.232 e. The molecule has 1 aliphatic heterocycles. The molecule has 0 bridgehead atoms. The van der Waals surface area contributed by atoms with Crippen molar-refractivity contribution in [3.63, 3.8) is 0 Å². The fraction of sp³-hybridized carbons (Fsp3) is 0.200. The van der Waals surface area contributed by atoms with Crippen molar-refractivity contribution in [2.45, 2.75) is 6.42 Å². The number of carbonyl (C=O) groups excluding carboxylic acids is 2. The molecule has 2 heterocycles. The van der Waals surface area contributed by atoms with Gasteiger partial charge in [-0.3, -0.25) is 14.5 Å². The molecular formula is C15H13BrN4O2. The fourth-order valence-electron chi connectivity index (χ4n) is 2.38. The van der Waals surface area contributed by atoms with Crippen molar-refractivity contribution in [2.24, 2.45) is 11.7 Å². The number of benzene rings is 1. The van der Waals surface area contributed by atoms with E-state index in [0.29, 0.717) is 11.6 Å². The Morgan fingerprint density at radius 2 is 2.18 bits per heavy atom. The number of rotatable bonds is 3. The van der Waals surface area contributed by atoms with E-state index >= 15 is 0 Å². The Hall–Kier alpha value is -2.28. The lowest BCUT2D eigenvalue weighted by molar-refractivity contribution is -0.123. The number of primary amides is 1. The monoisotopic (exact) mass is 360 g/mol. The number of anilines is 1. The molecule has 0 saturated carbocycles. The minimum atomic E-state index is -0.481. The Balaban J connectivity index is 1.92. The van der Waals surface area contributed by atoms with Crippen LogP contribution in [0.15, 0.2) is 41.0 Å². The van der Waals surface area contributed by atoms with Gasteiger partial charge in [-0.25, -0.2) is 9.97 Å². The van der Waals surface area contributed by atoms with Crippen LogP contribution in [0.25, 0.3) is 11.3 Å². The quantitative estimate of drug-likeness (QED) is 0.902. The molecule has 3 rings (SSSR count). The Bertz CT molecular complexity index is 750. The van der Waals surface area contributed by atoms with Crippen molar-refractivity contribution in [1.82, 2.24) is 9.97 Å². The highest BCUT2D eigenvalue weighted by Crippen LogP contribution is 2.25. The lowest BCUT2D eigenvalue weighted by Crippen LogP contribution is -2.29. The van der Waals surface area contributed by atoms with Crippen molar-refractivity contribution in [3.8, 4) is 11.3 Å². The van der Waals surface area contributed by atoms with Crippen LogP contribution in [-0.4, -0.2) is 28.3 Å².